The third kappa shape index (κ3) is 15.8. The van der Waals surface area contributed by atoms with E-state index in [9.17, 15) is 16.8 Å². The number of methoxy groups -OCH3 is 6. The van der Waals surface area contributed by atoms with Crippen molar-refractivity contribution in [1.29, 1.82) is 0 Å². The highest BCUT2D eigenvalue weighted by Crippen LogP contribution is 2.39. The maximum atomic E-state index is 13.9. The Morgan fingerprint density at radius 2 is 0.938 bits per heavy atom. The fraction of sp³-hybridized carbons (Fsp3) is 0.396. The number of halogens is 1. The number of nitrogens with zero attached hydrogens (tertiary/aromatic N) is 10. The van der Waals surface area contributed by atoms with Crippen LogP contribution in [0.1, 0.15) is 66.2 Å². The first-order valence-electron chi connectivity index (χ1n) is 24.8. The van der Waals surface area contributed by atoms with Gasteiger partial charge in [-0.3, -0.25) is 9.13 Å². The number of hydrogen-bond donors (Lipinski definition) is 1. The third-order valence-corrected chi connectivity index (χ3v) is 15.9. The Balaban J connectivity index is 0.000000216. The molecule has 0 saturated carbocycles. The van der Waals surface area contributed by atoms with E-state index < -0.39 is 48.3 Å². The number of furan rings is 2. The lowest BCUT2D eigenvalue weighted by atomic mass is 10.2. The van der Waals surface area contributed by atoms with Gasteiger partial charge in [-0.1, -0.05) is 12.1 Å². The zero-order valence-electron chi connectivity index (χ0n) is 46.9. The highest BCUT2D eigenvalue weighted by atomic mass is 79.9. The predicted molar refractivity (Wildman–Crippen MR) is 301 cm³/mol. The molecular weight excluding hydrogens is 1160 g/mol. The van der Waals surface area contributed by atoms with Gasteiger partial charge in [-0.15, -0.1) is 20.4 Å². The minimum atomic E-state index is -3.92. The average Bonchev–Trinajstić information content (AvgIpc) is 4.39. The van der Waals surface area contributed by atoms with Gasteiger partial charge in [0.25, 0.3) is 0 Å². The fourth-order valence-corrected chi connectivity index (χ4v) is 10.1. The van der Waals surface area contributed by atoms with E-state index in [4.69, 9.17) is 51.9 Å². The summed E-state index contributed by atoms with van der Waals surface area (Å²) in [6.45, 7) is 11.4. The van der Waals surface area contributed by atoms with Crippen LogP contribution in [0.3, 0.4) is 0 Å². The molecule has 436 valence electrons. The Bertz CT molecular complexity index is 3480. The minimum Gasteiger partial charge on any atom is -0.494 e. The first-order valence-corrected chi connectivity index (χ1v) is 29.0. The molecule has 8 rings (SSSR count). The average molecular weight is 1230 g/mol. The largest absolute Gasteiger partial charge is 0.494 e. The third-order valence-electron chi connectivity index (χ3n) is 12.1. The molecule has 0 amide bonds. The van der Waals surface area contributed by atoms with Crippen LogP contribution in [-0.4, -0.2) is 146 Å². The predicted octanol–water partition coefficient (Wildman–Crippen LogP) is 7.44. The number of aryl methyl sites for hydroxylation is 4. The number of hydrogen-bond acceptors (Lipinski definition) is 22. The molecule has 6 heterocycles. The molecule has 0 aliphatic rings. The molecule has 25 nitrogen and oxygen atoms in total. The van der Waals surface area contributed by atoms with Crippen molar-refractivity contribution in [3.63, 3.8) is 0 Å². The van der Waals surface area contributed by atoms with Crippen molar-refractivity contribution in [1.82, 2.24) is 49.5 Å². The van der Waals surface area contributed by atoms with Crippen molar-refractivity contribution in [2.24, 2.45) is 5.14 Å². The maximum absolute atomic E-state index is 13.9. The minimum absolute atomic E-state index is 0.138. The van der Waals surface area contributed by atoms with Crippen LogP contribution >= 0.6 is 15.9 Å². The Morgan fingerprint density at radius 3 is 1.32 bits per heavy atom. The number of sulfone groups is 1. The lowest BCUT2D eigenvalue weighted by molar-refractivity contribution is 0.0118. The molecule has 4 atom stereocenters. The van der Waals surface area contributed by atoms with Gasteiger partial charge in [-0.2, -0.15) is 0 Å². The summed E-state index contributed by atoms with van der Waals surface area (Å²) >= 11 is 3.42. The highest BCUT2D eigenvalue weighted by molar-refractivity contribution is 9.10. The fourth-order valence-electron chi connectivity index (χ4n) is 7.77. The molecule has 0 radical (unpaired) electrons. The second-order valence-electron chi connectivity index (χ2n) is 17.9. The summed E-state index contributed by atoms with van der Waals surface area (Å²) in [6.07, 6.45) is 4.69. The summed E-state index contributed by atoms with van der Waals surface area (Å²) in [5.41, 5.74) is 2.86. The molecule has 0 saturated heterocycles. The first-order chi connectivity index (χ1) is 38.7. The molecule has 28 heteroatoms. The molecule has 81 heavy (non-hydrogen) atoms. The van der Waals surface area contributed by atoms with E-state index in [0.29, 0.717) is 80.5 Å². The Hall–Kier alpha value is -7.18. The van der Waals surface area contributed by atoms with E-state index in [-0.39, 0.29) is 31.5 Å². The van der Waals surface area contributed by atoms with E-state index in [1.807, 2.05) is 51.1 Å². The van der Waals surface area contributed by atoms with Gasteiger partial charge in [0.2, 0.25) is 26.4 Å². The number of nitrogens with two attached hydrogens (primary N) is 1. The topological polar surface area (TPSA) is 307 Å². The van der Waals surface area contributed by atoms with Gasteiger partial charge in [0.05, 0.1) is 60.1 Å². The number of primary sulfonamides is 1. The number of para-hydroxylation sites is 2. The number of rotatable bonds is 24. The van der Waals surface area contributed by atoms with E-state index in [1.54, 1.807) is 92.3 Å². The zero-order chi connectivity index (χ0) is 59.0. The van der Waals surface area contributed by atoms with Gasteiger partial charge in [0.1, 0.15) is 69.1 Å². The van der Waals surface area contributed by atoms with Crippen LogP contribution in [0.15, 0.2) is 99.0 Å². The molecule has 0 spiro atoms. The van der Waals surface area contributed by atoms with E-state index in [2.05, 4.69) is 56.3 Å². The molecule has 0 aliphatic carbocycles. The first kappa shape index (κ1) is 63.0. The Labute approximate surface area is 478 Å². The number of aromatic nitrogens is 10. The van der Waals surface area contributed by atoms with Crippen LogP contribution < -0.4 is 24.1 Å². The maximum Gasteiger partial charge on any atom is 0.214 e. The van der Waals surface area contributed by atoms with Crippen LogP contribution in [0.5, 0.6) is 23.0 Å². The van der Waals surface area contributed by atoms with Crippen LogP contribution in [-0.2, 0) is 44.6 Å². The lowest BCUT2D eigenvalue weighted by Gasteiger charge is -2.23. The second-order valence-corrected chi connectivity index (χ2v) is 22.8. The smallest absolute Gasteiger partial charge is 0.214 e. The highest BCUT2D eigenvalue weighted by Gasteiger charge is 2.37. The summed E-state index contributed by atoms with van der Waals surface area (Å²) in [6, 6.07) is 18.1. The van der Waals surface area contributed by atoms with Crippen LogP contribution in [0.25, 0.3) is 34.5 Å². The van der Waals surface area contributed by atoms with Crippen molar-refractivity contribution < 1.29 is 63.6 Å². The number of benzene rings is 2. The van der Waals surface area contributed by atoms with Crippen molar-refractivity contribution in [2.45, 2.75) is 70.0 Å². The molecule has 6 aromatic heterocycles. The Morgan fingerprint density at radius 1 is 0.543 bits per heavy atom. The Kier molecular flexibility index (Phi) is 22.6. The van der Waals surface area contributed by atoms with Crippen LogP contribution in [0.2, 0.25) is 0 Å². The van der Waals surface area contributed by atoms with Gasteiger partial charge in [0, 0.05) is 39.0 Å². The number of sulfonamides is 1. The van der Waals surface area contributed by atoms with Crippen LogP contribution in [0, 0.1) is 27.7 Å². The zero-order valence-corrected chi connectivity index (χ0v) is 50.1. The van der Waals surface area contributed by atoms with Crippen molar-refractivity contribution in [3.05, 3.63) is 130 Å². The SMILES string of the molecule is COCCO[C@H](c1ncc(C)cn1)[C@H](C)S(=O)(=O)Cc1nnc(-c2ccc(C)o2)n1-c1c(OC)cccc1OC.COCCO[C@H](c1ncc(C)cn1)[C@H](C)S(N)(=O)=O.COc1cccc(OC)c1-n1c(Br)nnc1-c1ccc(C)o1. The summed E-state index contributed by atoms with van der Waals surface area (Å²) in [5.74, 6) is 5.71. The van der Waals surface area contributed by atoms with Gasteiger partial charge in [-0.05, 0) is 117 Å². The monoisotopic (exact) mass is 1220 g/mol. The summed E-state index contributed by atoms with van der Waals surface area (Å²) in [4.78, 5) is 16.9. The molecule has 8 aromatic rings. The molecular formula is C53H66BrN11O14S2. The normalized spacial score (nSPS) is 13.0. The molecule has 0 aliphatic heterocycles. The molecule has 2 aromatic carbocycles. The van der Waals surface area contributed by atoms with Crippen molar-refractivity contribution >= 4 is 35.8 Å². The van der Waals surface area contributed by atoms with Gasteiger partial charge >= 0.3 is 0 Å². The van der Waals surface area contributed by atoms with Gasteiger partial charge in [0.15, 0.2) is 38.8 Å². The van der Waals surface area contributed by atoms with E-state index in [1.165, 1.54) is 35.4 Å². The molecule has 0 bridgehead atoms. The lowest BCUT2D eigenvalue weighted by Crippen LogP contribution is -2.34. The summed E-state index contributed by atoms with van der Waals surface area (Å²) < 4.78 is 110. The van der Waals surface area contributed by atoms with E-state index in [0.717, 1.165) is 16.9 Å². The van der Waals surface area contributed by atoms with Crippen LogP contribution in [0.4, 0.5) is 0 Å². The van der Waals surface area contributed by atoms with Gasteiger partial charge < -0.3 is 46.7 Å². The molecule has 2 N–H and O–H groups in total. The molecule has 0 unspecified atom stereocenters. The van der Waals surface area contributed by atoms with Gasteiger partial charge in [-0.25, -0.2) is 41.9 Å². The van der Waals surface area contributed by atoms with E-state index >= 15 is 0 Å². The summed E-state index contributed by atoms with van der Waals surface area (Å²) in [7, 11) is 1.64. The van der Waals surface area contributed by atoms with Crippen molar-refractivity contribution in [2.75, 3.05) is 69.1 Å². The second kappa shape index (κ2) is 29.0. The van der Waals surface area contributed by atoms with Crippen molar-refractivity contribution in [3.8, 4) is 57.5 Å². The number of ether oxygens (including phenoxy) is 8. The standard InChI is InChI=1S/C27H33N5O7S.C15H14BrN3O3.C11H19N3O4S/c1-17-14-28-26(29-15-17)25(38-13-12-35-4)19(3)40(33,34)16-23-30-31-27(22-11-10-18(2)39-22)32(23)24-20(36-5)8-7-9-21(24)37-6;1-9-7-8-12(22-9)14-17-18-15(16)19(14)13-10(20-2)5-4-6-11(13)21-3;1-8-6-13-11(14-7-8)10(18-5-4-17-3)9(2)19(12,15)16/h7-11,14-15,19,25H,12-13,16H2,1-6H3;4-8H,1-3H3;6-7,9-10H,4-5H2,1-3H3,(H2,12,15,16)/t19-,25-;;9-,10-/m0.0/s1. The summed E-state index contributed by atoms with van der Waals surface area (Å²) in [5, 5.41) is 20.1. The molecule has 0 fully saturated rings. The quantitative estimate of drug-likeness (QED) is 0.0574.